The first-order valence-corrected chi connectivity index (χ1v) is 11.8. The maximum absolute atomic E-state index is 13.2. The number of amides is 2. The first kappa shape index (κ1) is 20.5. The number of thiazole rings is 1. The summed E-state index contributed by atoms with van der Waals surface area (Å²) in [4.78, 5) is 34.0. The van der Waals surface area contributed by atoms with E-state index >= 15 is 0 Å². The molecule has 0 saturated heterocycles. The van der Waals surface area contributed by atoms with E-state index in [-0.39, 0.29) is 11.8 Å². The van der Waals surface area contributed by atoms with Gasteiger partial charge in [-0.15, -0.1) is 11.3 Å². The molecule has 4 aromatic rings. The van der Waals surface area contributed by atoms with Crippen LogP contribution in [0.4, 0.5) is 11.4 Å². The van der Waals surface area contributed by atoms with Crippen molar-refractivity contribution in [2.24, 2.45) is 0 Å². The summed E-state index contributed by atoms with van der Waals surface area (Å²) in [6, 6.07) is 18.8. The van der Waals surface area contributed by atoms with Crippen molar-refractivity contribution in [3.05, 3.63) is 89.5 Å². The molecule has 1 aliphatic heterocycles. The molecule has 0 aliphatic carbocycles. The number of hydrogen-bond acceptors (Lipinski definition) is 5. The molecule has 1 aromatic heterocycles. The van der Waals surface area contributed by atoms with Gasteiger partial charge in [0.1, 0.15) is 0 Å². The number of benzene rings is 3. The average Bonchev–Trinajstić information content (AvgIpc) is 3.24. The Kier molecular flexibility index (Phi) is 5.51. The molecule has 0 atom stereocenters. The summed E-state index contributed by atoms with van der Waals surface area (Å²) in [6.45, 7) is 2.42. The molecule has 5 rings (SSSR count). The maximum atomic E-state index is 13.2. The Bertz CT molecular complexity index is 1380. The summed E-state index contributed by atoms with van der Waals surface area (Å²) in [5.74, 6) is -0.223. The second-order valence-corrected chi connectivity index (χ2v) is 9.22. The van der Waals surface area contributed by atoms with Crippen molar-refractivity contribution in [3.63, 3.8) is 0 Å². The van der Waals surface area contributed by atoms with E-state index in [1.54, 1.807) is 27.8 Å². The molecule has 0 radical (unpaired) electrons. The lowest BCUT2D eigenvalue weighted by atomic mass is 10.1. The molecule has 0 saturated carbocycles. The van der Waals surface area contributed by atoms with Crippen molar-refractivity contribution in [2.45, 2.75) is 16.7 Å². The Morgan fingerprint density at radius 3 is 2.84 bits per heavy atom. The number of carbonyl (C=O) groups is 2. The number of allylic oxidation sites excluding steroid dienone is 1. The minimum atomic E-state index is -0.194. The summed E-state index contributed by atoms with van der Waals surface area (Å²) < 4.78 is 1.05. The minimum Gasteiger partial charge on any atom is -0.322 e. The normalized spacial score (nSPS) is 13.2. The number of nitrogens with zero attached hydrogens (tertiary/aromatic N) is 2. The van der Waals surface area contributed by atoms with Crippen molar-refractivity contribution < 1.29 is 9.59 Å². The zero-order valence-electron chi connectivity index (χ0n) is 17.2. The van der Waals surface area contributed by atoms with Crippen molar-refractivity contribution in [2.75, 3.05) is 16.8 Å². The largest absolute Gasteiger partial charge is 0.322 e. The average molecular weight is 458 g/mol. The quantitative estimate of drug-likeness (QED) is 0.369. The molecule has 2 heterocycles. The first-order chi connectivity index (χ1) is 15.6. The van der Waals surface area contributed by atoms with Crippen LogP contribution in [-0.4, -0.2) is 23.3 Å². The fourth-order valence-electron chi connectivity index (χ4n) is 3.60. The molecular weight excluding hydrogens is 438 g/mol. The maximum Gasteiger partial charge on any atom is 0.259 e. The van der Waals surface area contributed by atoms with Gasteiger partial charge in [0, 0.05) is 27.6 Å². The zero-order chi connectivity index (χ0) is 22.1. The molecule has 0 unspecified atom stereocenters. The van der Waals surface area contributed by atoms with Crippen LogP contribution in [0.25, 0.3) is 10.2 Å². The molecule has 5 nitrogen and oxygen atoms in total. The fourth-order valence-corrected chi connectivity index (χ4v) is 5.37. The summed E-state index contributed by atoms with van der Waals surface area (Å²) in [6.07, 6.45) is 3.90. The van der Waals surface area contributed by atoms with Gasteiger partial charge in [-0.25, -0.2) is 4.98 Å². The Balaban J connectivity index is 1.49. The van der Waals surface area contributed by atoms with Crippen molar-refractivity contribution >= 4 is 56.5 Å². The number of rotatable bonds is 4. The van der Waals surface area contributed by atoms with Crippen molar-refractivity contribution in [3.8, 4) is 0 Å². The summed E-state index contributed by atoms with van der Waals surface area (Å²) in [5, 5.41) is 2.98. The van der Waals surface area contributed by atoms with Crippen LogP contribution < -0.4 is 10.2 Å². The van der Waals surface area contributed by atoms with E-state index in [9.17, 15) is 9.59 Å². The van der Waals surface area contributed by atoms with E-state index in [0.717, 1.165) is 25.7 Å². The minimum absolute atomic E-state index is 0.0294. The highest BCUT2D eigenvalue weighted by molar-refractivity contribution is 7.99. The molecule has 1 N–H and O–H groups in total. The molecule has 1 aliphatic rings. The second-order valence-electron chi connectivity index (χ2n) is 7.25. The smallest absolute Gasteiger partial charge is 0.259 e. The van der Waals surface area contributed by atoms with Gasteiger partial charge in [-0.05, 0) is 55.5 Å². The van der Waals surface area contributed by atoms with Crippen LogP contribution in [0.1, 0.15) is 27.6 Å². The summed E-state index contributed by atoms with van der Waals surface area (Å²) in [5.41, 5.74) is 5.33. The zero-order valence-corrected chi connectivity index (χ0v) is 18.9. The fraction of sp³-hybridized carbons (Fsp3) is 0.0800. The third-order valence-electron chi connectivity index (χ3n) is 5.21. The Hall–Kier alpha value is -3.42. The third kappa shape index (κ3) is 3.81. The number of hydrogen-bond donors (Lipinski definition) is 1. The monoisotopic (exact) mass is 457 g/mol. The van der Waals surface area contributed by atoms with E-state index < -0.39 is 0 Å². The topological polar surface area (TPSA) is 62.3 Å². The van der Waals surface area contributed by atoms with Crippen molar-refractivity contribution in [1.82, 2.24) is 4.98 Å². The van der Waals surface area contributed by atoms with E-state index in [2.05, 4.69) is 10.3 Å². The van der Waals surface area contributed by atoms with Crippen molar-refractivity contribution in [1.29, 1.82) is 0 Å². The molecular formula is C25H19N3O2S2. The van der Waals surface area contributed by atoms with Gasteiger partial charge >= 0.3 is 0 Å². The van der Waals surface area contributed by atoms with Crippen LogP contribution >= 0.6 is 23.1 Å². The number of aromatic nitrogens is 1. The predicted octanol–water partition coefficient (Wildman–Crippen LogP) is 6.24. The van der Waals surface area contributed by atoms with E-state index in [0.29, 0.717) is 23.4 Å². The Morgan fingerprint density at radius 1 is 1.09 bits per heavy atom. The molecule has 32 heavy (non-hydrogen) atoms. The lowest BCUT2D eigenvalue weighted by molar-refractivity contribution is 0.0985. The highest BCUT2D eigenvalue weighted by Gasteiger charge is 2.26. The molecule has 0 fully saturated rings. The number of anilines is 2. The third-order valence-corrected chi connectivity index (χ3v) is 7.14. The van der Waals surface area contributed by atoms with Crippen LogP contribution in [0.3, 0.4) is 0 Å². The lowest BCUT2D eigenvalue weighted by Crippen LogP contribution is -2.31. The summed E-state index contributed by atoms with van der Waals surface area (Å²) in [7, 11) is 0. The second kappa shape index (κ2) is 8.61. The van der Waals surface area contributed by atoms with Gasteiger partial charge in [-0.3, -0.25) is 9.59 Å². The predicted molar refractivity (Wildman–Crippen MR) is 131 cm³/mol. The van der Waals surface area contributed by atoms with E-state index in [4.69, 9.17) is 0 Å². The van der Waals surface area contributed by atoms with Gasteiger partial charge < -0.3 is 10.2 Å². The Morgan fingerprint density at radius 2 is 1.97 bits per heavy atom. The van der Waals surface area contributed by atoms with Gasteiger partial charge in [-0.1, -0.05) is 36.0 Å². The molecule has 0 bridgehead atoms. The van der Waals surface area contributed by atoms with E-state index in [1.165, 1.54) is 11.8 Å². The van der Waals surface area contributed by atoms with Gasteiger partial charge in [0.2, 0.25) is 0 Å². The SMILES string of the molecule is C/C=C\CN1C(=O)c2ccccc2Sc2cc(NC(=O)c3ccc4scnc4c3)ccc21. The first-order valence-electron chi connectivity index (χ1n) is 10.1. The number of fused-ring (bicyclic) bond motifs is 3. The highest BCUT2D eigenvalue weighted by Crippen LogP contribution is 2.42. The van der Waals surface area contributed by atoms with Crippen LogP contribution in [-0.2, 0) is 0 Å². The van der Waals surface area contributed by atoms with E-state index in [1.807, 2.05) is 73.7 Å². The Labute approximate surface area is 193 Å². The van der Waals surface area contributed by atoms with Gasteiger partial charge in [0.05, 0.1) is 27.0 Å². The number of nitrogens with one attached hydrogen (secondary N) is 1. The lowest BCUT2D eigenvalue weighted by Gasteiger charge is -2.22. The molecule has 3 aromatic carbocycles. The van der Waals surface area contributed by atoms with Crippen LogP contribution in [0, 0.1) is 0 Å². The molecule has 0 spiro atoms. The van der Waals surface area contributed by atoms with Crippen LogP contribution in [0.15, 0.2) is 88.1 Å². The van der Waals surface area contributed by atoms with Gasteiger partial charge in [0.25, 0.3) is 11.8 Å². The molecule has 7 heteroatoms. The van der Waals surface area contributed by atoms with Gasteiger partial charge in [0.15, 0.2) is 0 Å². The molecule has 158 valence electrons. The highest BCUT2D eigenvalue weighted by atomic mass is 32.2. The number of carbonyl (C=O) groups excluding carboxylic acids is 2. The van der Waals surface area contributed by atoms with Crippen LogP contribution in [0.5, 0.6) is 0 Å². The standard InChI is InChI=1S/C25H19N3O2S2/c1-2-3-12-28-20-10-9-17(14-23(20)32-21-7-5-4-6-18(21)25(28)30)27-24(29)16-8-11-22-19(13-16)26-15-31-22/h2-11,13-15H,12H2,1H3,(H,27,29)/b3-2-. The van der Waals surface area contributed by atoms with Gasteiger partial charge in [-0.2, -0.15) is 0 Å². The summed E-state index contributed by atoms with van der Waals surface area (Å²) >= 11 is 3.08. The molecule has 2 amide bonds. The van der Waals surface area contributed by atoms with Crippen LogP contribution in [0.2, 0.25) is 0 Å².